The Hall–Kier alpha value is 1.22. The molecule has 1 atom stereocenters. The van der Waals surface area contributed by atoms with Crippen LogP contribution >= 0.6 is 47.4 Å². The van der Waals surface area contributed by atoms with Gasteiger partial charge in [0.2, 0.25) is 0 Å². The SMILES string of the molecule is CC([S])(Cl)C(Cl)Cl. The Morgan fingerprint density at radius 2 is 1.71 bits per heavy atom. The fourth-order valence-corrected chi connectivity index (χ4v) is 0. The lowest BCUT2D eigenvalue weighted by Gasteiger charge is -2.12. The molecule has 0 aliphatic carbocycles. The highest BCUT2D eigenvalue weighted by atomic mass is 35.5. The molecule has 1 unspecified atom stereocenters. The van der Waals surface area contributed by atoms with Gasteiger partial charge in [0.1, 0.15) is 9.04 Å². The van der Waals surface area contributed by atoms with E-state index in [1.54, 1.807) is 6.92 Å². The third kappa shape index (κ3) is 3.77. The molecule has 0 spiro atoms. The molecule has 43 valence electrons. The lowest BCUT2D eigenvalue weighted by Crippen LogP contribution is -2.15. The van der Waals surface area contributed by atoms with Crippen molar-refractivity contribution in [2.45, 2.75) is 16.0 Å². The molecule has 0 heterocycles. The predicted molar refractivity (Wildman–Crippen MR) is 37.3 cm³/mol. The second-order valence-electron chi connectivity index (χ2n) is 1.29. The van der Waals surface area contributed by atoms with Gasteiger partial charge in [-0.05, 0) is 6.92 Å². The Morgan fingerprint density at radius 1 is 1.57 bits per heavy atom. The quantitative estimate of drug-likeness (QED) is 0.542. The molecular weight excluding hydrogens is 174 g/mol. The molecule has 0 bridgehead atoms. The van der Waals surface area contributed by atoms with E-state index < -0.39 is 9.04 Å². The van der Waals surface area contributed by atoms with E-state index in [2.05, 4.69) is 12.6 Å². The summed E-state index contributed by atoms with van der Waals surface area (Å²) >= 11 is 20.6. The minimum absolute atomic E-state index is 0.677. The van der Waals surface area contributed by atoms with Gasteiger partial charge in [-0.25, -0.2) is 0 Å². The molecule has 0 saturated carbocycles. The van der Waals surface area contributed by atoms with Crippen molar-refractivity contribution in [2.24, 2.45) is 0 Å². The van der Waals surface area contributed by atoms with Crippen LogP contribution in [0.1, 0.15) is 6.92 Å². The van der Waals surface area contributed by atoms with E-state index in [0.717, 1.165) is 0 Å². The molecule has 0 nitrogen and oxygen atoms in total. The molecular formula is C3H4Cl3S. The maximum Gasteiger partial charge on any atom is 0.136 e. The van der Waals surface area contributed by atoms with Gasteiger partial charge in [0, 0.05) is 0 Å². The normalized spacial score (nSPS) is 19.7. The molecule has 0 saturated heterocycles. The molecule has 0 aromatic rings. The Labute approximate surface area is 63.5 Å². The van der Waals surface area contributed by atoms with E-state index >= 15 is 0 Å². The van der Waals surface area contributed by atoms with Crippen molar-refractivity contribution in [1.29, 1.82) is 0 Å². The van der Waals surface area contributed by atoms with Crippen LogP contribution in [0.5, 0.6) is 0 Å². The molecule has 0 amide bonds. The number of hydrogen-bond donors (Lipinski definition) is 0. The van der Waals surface area contributed by atoms with E-state index in [0.29, 0.717) is 0 Å². The van der Waals surface area contributed by atoms with Crippen LogP contribution in [0.2, 0.25) is 0 Å². The summed E-state index contributed by atoms with van der Waals surface area (Å²) in [5.41, 5.74) is 0. The zero-order valence-electron chi connectivity index (χ0n) is 3.62. The van der Waals surface area contributed by atoms with Crippen molar-refractivity contribution in [3.05, 3.63) is 0 Å². The third-order valence-electron chi connectivity index (χ3n) is 0.390. The van der Waals surface area contributed by atoms with Crippen LogP contribution in [0.15, 0.2) is 0 Å². The van der Waals surface area contributed by atoms with E-state index in [-0.39, 0.29) is 0 Å². The Morgan fingerprint density at radius 3 is 1.71 bits per heavy atom. The first-order chi connectivity index (χ1) is 2.94. The zero-order chi connectivity index (χ0) is 6.08. The van der Waals surface area contributed by atoms with E-state index in [4.69, 9.17) is 34.8 Å². The standard InChI is InChI=1S/C3H4Cl3S/c1-3(6,7)2(4)5/h2H,1H3. The van der Waals surface area contributed by atoms with Gasteiger partial charge in [0.25, 0.3) is 0 Å². The predicted octanol–water partition coefficient (Wildman–Crippen LogP) is 2.94. The van der Waals surface area contributed by atoms with Gasteiger partial charge in [0.05, 0.1) is 0 Å². The molecule has 0 fully saturated rings. The van der Waals surface area contributed by atoms with Gasteiger partial charge in [0.15, 0.2) is 0 Å². The summed E-state index contributed by atoms with van der Waals surface area (Å²) in [5.74, 6) is 0. The summed E-state index contributed by atoms with van der Waals surface area (Å²) in [4.78, 5) is -0.677. The topological polar surface area (TPSA) is 0 Å². The number of alkyl halides is 3. The summed E-state index contributed by atoms with van der Waals surface area (Å²) in [5, 5.41) is 0. The smallest absolute Gasteiger partial charge is 0.104 e. The number of hydrogen-bond acceptors (Lipinski definition) is 0. The average molecular weight is 178 g/mol. The molecule has 1 radical (unpaired) electrons. The maximum atomic E-state index is 5.42. The highest BCUT2D eigenvalue weighted by Crippen LogP contribution is 2.30. The summed E-state index contributed by atoms with van der Waals surface area (Å²) in [7, 11) is 0. The lowest BCUT2D eigenvalue weighted by atomic mass is 10.5. The van der Waals surface area contributed by atoms with Crippen molar-refractivity contribution in [2.75, 3.05) is 0 Å². The van der Waals surface area contributed by atoms with Crippen LogP contribution in [0.25, 0.3) is 0 Å². The highest BCUT2D eigenvalue weighted by molar-refractivity contribution is 7.83. The largest absolute Gasteiger partial charge is 0.136 e. The van der Waals surface area contributed by atoms with E-state index in [1.807, 2.05) is 0 Å². The van der Waals surface area contributed by atoms with Crippen LogP contribution in [0.3, 0.4) is 0 Å². The van der Waals surface area contributed by atoms with Crippen LogP contribution in [-0.4, -0.2) is 9.04 Å². The third-order valence-corrected chi connectivity index (χ3v) is 2.20. The fraction of sp³-hybridized carbons (Fsp3) is 1.00. The molecule has 0 aliphatic rings. The van der Waals surface area contributed by atoms with Crippen molar-refractivity contribution in [3.63, 3.8) is 0 Å². The number of halogens is 3. The van der Waals surface area contributed by atoms with Crippen LogP contribution in [-0.2, 0) is 0 Å². The van der Waals surface area contributed by atoms with E-state index in [1.165, 1.54) is 0 Å². The molecule has 0 aromatic heterocycles. The van der Waals surface area contributed by atoms with Crippen LogP contribution < -0.4 is 0 Å². The van der Waals surface area contributed by atoms with Crippen molar-refractivity contribution < 1.29 is 0 Å². The first kappa shape index (κ1) is 8.22. The van der Waals surface area contributed by atoms with Crippen LogP contribution in [0, 0.1) is 0 Å². The molecule has 7 heavy (non-hydrogen) atoms. The van der Waals surface area contributed by atoms with Gasteiger partial charge >= 0.3 is 0 Å². The second-order valence-corrected chi connectivity index (χ2v) is 4.24. The summed E-state index contributed by atoms with van der Waals surface area (Å²) in [6.07, 6.45) is 0. The summed E-state index contributed by atoms with van der Waals surface area (Å²) in [6, 6.07) is 0. The summed E-state index contributed by atoms with van der Waals surface area (Å²) < 4.78 is -0.914. The van der Waals surface area contributed by atoms with Crippen molar-refractivity contribution in [1.82, 2.24) is 0 Å². The Balaban J connectivity index is 3.54. The Bertz CT molecular complexity index is 55.7. The lowest BCUT2D eigenvalue weighted by molar-refractivity contribution is 0.977. The van der Waals surface area contributed by atoms with Crippen molar-refractivity contribution in [3.8, 4) is 0 Å². The monoisotopic (exact) mass is 177 g/mol. The van der Waals surface area contributed by atoms with Gasteiger partial charge in [-0.15, -0.1) is 34.8 Å². The molecule has 0 rings (SSSR count). The summed E-state index contributed by atoms with van der Waals surface area (Å²) in [6.45, 7) is 1.58. The van der Waals surface area contributed by atoms with Crippen LogP contribution in [0.4, 0.5) is 0 Å². The zero-order valence-corrected chi connectivity index (χ0v) is 6.70. The first-order valence-electron chi connectivity index (χ1n) is 1.62. The fourth-order valence-electron chi connectivity index (χ4n) is 0. The van der Waals surface area contributed by atoms with E-state index in [9.17, 15) is 0 Å². The van der Waals surface area contributed by atoms with Gasteiger partial charge in [-0.1, -0.05) is 12.6 Å². The highest BCUT2D eigenvalue weighted by Gasteiger charge is 2.24. The van der Waals surface area contributed by atoms with Crippen molar-refractivity contribution >= 4 is 47.4 Å². The van der Waals surface area contributed by atoms with Gasteiger partial charge < -0.3 is 0 Å². The Kier molecular flexibility index (Phi) is 3.14. The second kappa shape index (κ2) is 2.67. The molecule has 0 aliphatic heterocycles. The first-order valence-corrected chi connectivity index (χ1v) is 3.28. The molecule has 0 N–H and O–H groups in total. The van der Waals surface area contributed by atoms with Gasteiger partial charge in [-0.3, -0.25) is 0 Å². The molecule has 0 aromatic carbocycles. The number of rotatable bonds is 1. The maximum absolute atomic E-state index is 5.42. The average Bonchev–Trinajstić information content (AvgIpc) is 1.31. The minimum atomic E-state index is -0.914. The van der Waals surface area contributed by atoms with Gasteiger partial charge in [-0.2, -0.15) is 0 Å². The molecule has 4 heteroatoms. The minimum Gasteiger partial charge on any atom is -0.104 e.